The van der Waals surface area contributed by atoms with Crippen LogP contribution < -0.4 is 10.1 Å². The number of hydrogen-bond acceptors (Lipinski definition) is 7. The first-order chi connectivity index (χ1) is 12.6. The lowest BCUT2D eigenvalue weighted by Crippen LogP contribution is -2.38. The van der Waals surface area contributed by atoms with Crippen molar-refractivity contribution in [1.29, 1.82) is 0 Å². The maximum atomic E-state index is 12.2. The minimum Gasteiger partial charge on any atom is -0.483 e. The molecule has 1 atom stereocenters. The molecular formula is C17H24N4O4S. The van der Waals surface area contributed by atoms with Gasteiger partial charge in [-0.3, -0.25) is 5.32 Å². The second kappa shape index (κ2) is 10.0. The molecule has 1 aromatic carbocycles. The Morgan fingerprint density at radius 1 is 1.23 bits per heavy atom. The van der Waals surface area contributed by atoms with Crippen molar-refractivity contribution in [3.63, 3.8) is 0 Å². The third-order valence-electron chi connectivity index (χ3n) is 3.62. The van der Waals surface area contributed by atoms with Gasteiger partial charge in [0.15, 0.2) is 17.4 Å². The van der Waals surface area contributed by atoms with Gasteiger partial charge in [0, 0.05) is 21.3 Å². The van der Waals surface area contributed by atoms with E-state index in [1.807, 2.05) is 37.3 Å². The van der Waals surface area contributed by atoms with E-state index in [1.54, 1.807) is 7.05 Å². The number of carbonyl (C=O) groups excluding carboxylic acids is 1. The molecule has 8 nitrogen and oxygen atoms in total. The zero-order valence-corrected chi connectivity index (χ0v) is 16.2. The third kappa shape index (κ3) is 5.65. The highest BCUT2D eigenvalue weighted by Crippen LogP contribution is 2.28. The van der Waals surface area contributed by atoms with Gasteiger partial charge in [0.1, 0.15) is 5.75 Å². The SMILES string of the molecule is CCC(Oc1ccccc1)c1nnc(NC(=O)N(C)CC(OC)OC)s1. The molecule has 0 bridgehead atoms. The second-order valence-corrected chi connectivity index (χ2v) is 6.49. The molecule has 1 N–H and O–H groups in total. The van der Waals surface area contributed by atoms with Crippen molar-refractivity contribution in [3.05, 3.63) is 35.3 Å². The standard InChI is InChI=1S/C17H24N4O4S/c1-5-13(25-12-9-7-6-8-10-12)15-19-20-16(26-15)18-17(22)21(2)11-14(23-3)24-4/h6-10,13-14H,5,11H2,1-4H3,(H,18,20,22). The Kier molecular flexibility index (Phi) is 7.76. The third-order valence-corrected chi connectivity index (χ3v) is 4.55. The lowest BCUT2D eigenvalue weighted by molar-refractivity contribution is -0.108. The van der Waals surface area contributed by atoms with E-state index < -0.39 is 6.29 Å². The number of carbonyl (C=O) groups is 1. The summed E-state index contributed by atoms with van der Waals surface area (Å²) < 4.78 is 16.1. The fourth-order valence-electron chi connectivity index (χ4n) is 2.13. The highest BCUT2D eigenvalue weighted by molar-refractivity contribution is 7.15. The van der Waals surface area contributed by atoms with Gasteiger partial charge >= 0.3 is 6.03 Å². The van der Waals surface area contributed by atoms with Crippen LogP contribution in [-0.2, 0) is 9.47 Å². The van der Waals surface area contributed by atoms with Crippen LogP contribution in [0, 0.1) is 0 Å². The first kappa shape index (κ1) is 20.1. The summed E-state index contributed by atoms with van der Waals surface area (Å²) in [4.78, 5) is 13.7. The molecule has 1 heterocycles. The lowest BCUT2D eigenvalue weighted by Gasteiger charge is -2.21. The predicted octanol–water partition coefficient (Wildman–Crippen LogP) is 3.15. The van der Waals surface area contributed by atoms with E-state index in [0.29, 0.717) is 16.7 Å². The zero-order chi connectivity index (χ0) is 18.9. The fourth-order valence-corrected chi connectivity index (χ4v) is 2.97. The van der Waals surface area contributed by atoms with Gasteiger partial charge in [0.25, 0.3) is 0 Å². The van der Waals surface area contributed by atoms with Gasteiger partial charge < -0.3 is 19.1 Å². The van der Waals surface area contributed by atoms with E-state index in [-0.39, 0.29) is 12.1 Å². The van der Waals surface area contributed by atoms with Crippen LogP contribution in [-0.4, -0.2) is 55.2 Å². The van der Waals surface area contributed by atoms with Gasteiger partial charge in [-0.05, 0) is 18.6 Å². The van der Waals surface area contributed by atoms with Gasteiger partial charge in [-0.15, -0.1) is 10.2 Å². The molecule has 0 aliphatic heterocycles. The van der Waals surface area contributed by atoms with Gasteiger partial charge in [0.05, 0.1) is 6.54 Å². The second-order valence-electron chi connectivity index (χ2n) is 5.48. The predicted molar refractivity (Wildman–Crippen MR) is 99.5 cm³/mol. The van der Waals surface area contributed by atoms with Crippen LogP contribution >= 0.6 is 11.3 Å². The number of urea groups is 1. The number of rotatable bonds is 9. The van der Waals surface area contributed by atoms with Crippen LogP contribution in [0.15, 0.2) is 30.3 Å². The minimum absolute atomic E-state index is 0.218. The number of methoxy groups -OCH3 is 2. The molecule has 2 amide bonds. The van der Waals surface area contributed by atoms with Crippen molar-refractivity contribution >= 4 is 22.5 Å². The zero-order valence-electron chi connectivity index (χ0n) is 15.3. The molecule has 0 saturated heterocycles. The quantitative estimate of drug-likeness (QED) is 0.673. The molecule has 142 valence electrons. The van der Waals surface area contributed by atoms with E-state index in [4.69, 9.17) is 14.2 Å². The smallest absolute Gasteiger partial charge is 0.323 e. The van der Waals surface area contributed by atoms with Crippen molar-refractivity contribution < 1.29 is 19.0 Å². The summed E-state index contributed by atoms with van der Waals surface area (Å²) in [7, 11) is 4.69. The van der Waals surface area contributed by atoms with E-state index in [2.05, 4.69) is 15.5 Å². The average Bonchev–Trinajstić information content (AvgIpc) is 3.12. The Morgan fingerprint density at radius 2 is 1.92 bits per heavy atom. The fraction of sp³-hybridized carbons (Fsp3) is 0.471. The van der Waals surface area contributed by atoms with Crippen molar-refractivity contribution in [2.45, 2.75) is 25.7 Å². The highest BCUT2D eigenvalue weighted by atomic mass is 32.1. The Bertz CT molecular complexity index is 678. The van der Waals surface area contributed by atoms with Crippen molar-refractivity contribution in [3.8, 4) is 5.75 Å². The summed E-state index contributed by atoms with van der Waals surface area (Å²) in [5.74, 6) is 0.769. The topological polar surface area (TPSA) is 85.8 Å². The molecule has 0 aliphatic rings. The molecular weight excluding hydrogens is 356 g/mol. The molecule has 0 spiro atoms. The molecule has 0 fully saturated rings. The Morgan fingerprint density at radius 3 is 2.54 bits per heavy atom. The Balaban J connectivity index is 1.96. The summed E-state index contributed by atoms with van der Waals surface area (Å²) in [6.07, 6.45) is 0.0323. The van der Waals surface area contributed by atoms with Crippen molar-refractivity contribution in [2.24, 2.45) is 0 Å². The molecule has 26 heavy (non-hydrogen) atoms. The largest absolute Gasteiger partial charge is 0.483 e. The number of benzene rings is 1. The van der Waals surface area contributed by atoms with Crippen molar-refractivity contribution in [1.82, 2.24) is 15.1 Å². The summed E-state index contributed by atoms with van der Waals surface area (Å²) >= 11 is 1.29. The Hall–Kier alpha value is -2.23. The van der Waals surface area contributed by atoms with Crippen LogP contribution in [0.5, 0.6) is 5.75 Å². The first-order valence-electron chi connectivity index (χ1n) is 8.20. The van der Waals surface area contributed by atoms with Gasteiger partial charge in [0.2, 0.25) is 5.13 Å². The molecule has 1 aromatic heterocycles. The normalized spacial score (nSPS) is 12.0. The molecule has 2 aromatic rings. The first-order valence-corrected chi connectivity index (χ1v) is 9.01. The van der Waals surface area contributed by atoms with Crippen molar-refractivity contribution in [2.75, 3.05) is 33.1 Å². The minimum atomic E-state index is -0.487. The number of hydrogen-bond donors (Lipinski definition) is 1. The summed E-state index contributed by atoms with van der Waals surface area (Å²) in [6.45, 7) is 2.30. The number of amides is 2. The lowest BCUT2D eigenvalue weighted by atomic mass is 10.3. The Labute approximate surface area is 157 Å². The van der Waals surface area contributed by atoms with E-state index in [1.165, 1.54) is 30.5 Å². The average molecular weight is 380 g/mol. The van der Waals surface area contributed by atoms with Gasteiger partial charge in [-0.2, -0.15) is 0 Å². The van der Waals surface area contributed by atoms with Gasteiger partial charge in [-0.25, -0.2) is 4.79 Å². The number of para-hydroxylation sites is 1. The summed E-state index contributed by atoms with van der Waals surface area (Å²) in [5, 5.41) is 12.0. The van der Waals surface area contributed by atoms with Crippen LogP contribution in [0.3, 0.4) is 0 Å². The maximum absolute atomic E-state index is 12.2. The molecule has 0 radical (unpaired) electrons. The maximum Gasteiger partial charge on any atom is 0.323 e. The van der Waals surface area contributed by atoms with E-state index in [0.717, 1.165) is 12.2 Å². The van der Waals surface area contributed by atoms with Crippen LogP contribution in [0.25, 0.3) is 0 Å². The number of anilines is 1. The number of nitrogens with one attached hydrogen (secondary N) is 1. The number of likely N-dealkylation sites (N-methyl/N-ethyl adjacent to an activating group) is 1. The van der Waals surface area contributed by atoms with E-state index in [9.17, 15) is 4.79 Å². The molecule has 1 unspecified atom stereocenters. The van der Waals surface area contributed by atoms with Gasteiger partial charge in [-0.1, -0.05) is 36.5 Å². The molecule has 9 heteroatoms. The van der Waals surface area contributed by atoms with Crippen LogP contribution in [0.4, 0.5) is 9.93 Å². The van der Waals surface area contributed by atoms with Crippen LogP contribution in [0.2, 0.25) is 0 Å². The number of aromatic nitrogens is 2. The summed E-state index contributed by atoms with van der Waals surface area (Å²) in [5.41, 5.74) is 0. The van der Waals surface area contributed by atoms with E-state index >= 15 is 0 Å². The molecule has 0 aliphatic carbocycles. The molecule has 2 rings (SSSR count). The molecule has 0 saturated carbocycles. The highest BCUT2D eigenvalue weighted by Gasteiger charge is 2.20. The number of ether oxygens (including phenoxy) is 3. The van der Waals surface area contributed by atoms with Crippen LogP contribution in [0.1, 0.15) is 24.5 Å². The number of nitrogens with zero attached hydrogens (tertiary/aromatic N) is 3. The monoisotopic (exact) mass is 380 g/mol. The summed E-state index contributed by atoms with van der Waals surface area (Å²) in [6, 6.07) is 9.23.